The smallest absolute Gasteiger partial charge is 0.246 e. The Bertz CT molecular complexity index is 554. The molecule has 1 N–H and O–H groups in total. The molecule has 0 aromatic heterocycles. The van der Waals surface area contributed by atoms with Crippen LogP contribution >= 0.6 is 22.6 Å². The maximum Gasteiger partial charge on any atom is 0.246 e. The number of piperazine rings is 1. The number of carbonyl (C=O) groups is 2. The zero-order chi connectivity index (χ0) is 15.0. The lowest BCUT2D eigenvalue weighted by atomic mass is 10.0. The maximum absolute atomic E-state index is 12.6. The summed E-state index contributed by atoms with van der Waals surface area (Å²) in [6.45, 7) is 2.46. The predicted octanol–water partition coefficient (Wildman–Crippen LogP) is 2.31. The number of nitrogens with zero attached hydrogens (tertiary/aromatic N) is 1. The Morgan fingerprint density at radius 2 is 1.90 bits per heavy atom. The van der Waals surface area contributed by atoms with Gasteiger partial charge in [-0.15, -0.1) is 0 Å². The van der Waals surface area contributed by atoms with Crippen molar-refractivity contribution in [1.29, 1.82) is 0 Å². The van der Waals surface area contributed by atoms with Gasteiger partial charge in [-0.3, -0.25) is 9.59 Å². The molecule has 2 fully saturated rings. The van der Waals surface area contributed by atoms with Crippen molar-refractivity contribution >= 4 is 34.4 Å². The normalized spacial score (nSPS) is 25.9. The fourth-order valence-electron chi connectivity index (χ4n) is 2.92. The zero-order valence-electron chi connectivity index (χ0n) is 12.0. The Kier molecular flexibility index (Phi) is 4.19. The quantitative estimate of drug-likeness (QED) is 0.792. The van der Waals surface area contributed by atoms with Crippen LogP contribution in [0.3, 0.4) is 0 Å². The van der Waals surface area contributed by atoms with Gasteiger partial charge in [-0.05, 0) is 65.5 Å². The number of carbonyl (C=O) groups excluding carboxylic acids is 2. The molecule has 1 saturated heterocycles. The molecule has 5 heteroatoms. The average molecular weight is 398 g/mol. The van der Waals surface area contributed by atoms with Crippen molar-refractivity contribution in [3.8, 4) is 0 Å². The van der Waals surface area contributed by atoms with Crippen LogP contribution in [0.15, 0.2) is 24.3 Å². The lowest BCUT2D eigenvalue weighted by Gasteiger charge is -2.39. The Labute approximate surface area is 138 Å². The van der Waals surface area contributed by atoms with E-state index in [0.29, 0.717) is 18.9 Å². The fourth-order valence-corrected chi connectivity index (χ4v) is 3.28. The van der Waals surface area contributed by atoms with Gasteiger partial charge in [0, 0.05) is 10.1 Å². The summed E-state index contributed by atoms with van der Waals surface area (Å²) >= 11 is 2.26. The number of hydrogen-bond acceptors (Lipinski definition) is 2. The minimum absolute atomic E-state index is 0.0226. The molecule has 0 bridgehead atoms. The largest absolute Gasteiger partial charge is 0.343 e. The molecule has 112 valence electrons. The molecule has 1 aromatic rings. The van der Waals surface area contributed by atoms with E-state index in [-0.39, 0.29) is 23.9 Å². The number of nitrogens with one attached hydrogen (secondary N) is 1. The third-order valence-corrected chi connectivity index (χ3v) is 4.96. The highest BCUT2D eigenvalue weighted by molar-refractivity contribution is 14.1. The molecule has 2 aliphatic rings. The van der Waals surface area contributed by atoms with Crippen LogP contribution in [0.25, 0.3) is 0 Å². The first-order chi connectivity index (χ1) is 10.1. The average Bonchev–Trinajstić information content (AvgIpc) is 3.29. The Morgan fingerprint density at radius 1 is 1.24 bits per heavy atom. The lowest BCUT2D eigenvalue weighted by molar-refractivity contribution is -0.151. The van der Waals surface area contributed by atoms with E-state index in [0.717, 1.165) is 18.4 Å². The van der Waals surface area contributed by atoms with Crippen molar-refractivity contribution < 1.29 is 9.59 Å². The highest BCUT2D eigenvalue weighted by Crippen LogP contribution is 2.37. The summed E-state index contributed by atoms with van der Waals surface area (Å²) in [4.78, 5) is 26.8. The van der Waals surface area contributed by atoms with Gasteiger partial charge in [0.05, 0.1) is 0 Å². The first-order valence-electron chi connectivity index (χ1n) is 7.45. The number of amides is 2. The van der Waals surface area contributed by atoms with Crippen molar-refractivity contribution in [2.45, 2.75) is 44.8 Å². The molecule has 0 spiro atoms. The molecule has 2 atom stereocenters. The summed E-state index contributed by atoms with van der Waals surface area (Å²) in [6.07, 6.45) is 2.74. The monoisotopic (exact) mass is 398 g/mol. The topological polar surface area (TPSA) is 49.4 Å². The van der Waals surface area contributed by atoms with Gasteiger partial charge >= 0.3 is 0 Å². The summed E-state index contributed by atoms with van der Waals surface area (Å²) in [7, 11) is 0. The molecule has 3 rings (SSSR count). The summed E-state index contributed by atoms with van der Waals surface area (Å²) in [6, 6.07) is 7.50. The number of halogens is 1. The van der Waals surface area contributed by atoms with Crippen LogP contribution in [0.2, 0.25) is 0 Å². The second kappa shape index (κ2) is 5.94. The minimum Gasteiger partial charge on any atom is -0.343 e. The van der Waals surface area contributed by atoms with Crippen LogP contribution < -0.4 is 5.32 Å². The van der Waals surface area contributed by atoms with Gasteiger partial charge in [0.1, 0.15) is 12.1 Å². The highest BCUT2D eigenvalue weighted by atomic mass is 127. The van der Waals surface area contributed by atoms with E-state index in [1.165, 1.54) is 3.57 Å². The molecular formula is C16H19IN2O2. The van der Waals surface area contributed by atoms with E-state index in [4.69, 9.17) is 0 Å². The van der Waals surface area contributed by atoms with Gasteiger partial charge in [-0.1, -0.05) is 19.1 Å². The molecule has 2 unspecified atom stereocenters. The highest BCUT2D eigenvalue weighted by Gasteiger charge is 2.47. The molecule has 1 aliphatic heterocycles. The van der Waals surface area contributed by atoms with Crippen molar-refractivity contribution in [3.63, 3.8) is 0 Å². The molecule has 1 aliphatic carbocycles. The SMILES string of the molecule is CCC1NC(=O)C(C2CC2)N(Cc2ccc(I)cc2)C1=O. The first kappa shape index (κ1) is 14.8. The van der Waals surface area contributed by atoms with Crippen molar-refractivity contribution in [2.24, 2.45) is 5.92 Å². The maximum atomic E-state index is 12.6. The van der Waals surface area contributed by atoms with E-state index in [9.17, 15) is 9.59 Å². The van der Waals surface area contributed by atoms with E-state index in [2.05, 4.69) is 27.9 Å². The second-order valence-electron chi connectivity index (χ2n) is 5.84. The molecule has 21 heavy (non-hydrogen) atoms. The Morgan fingerprint density at radius 3 is 2.48 bits per heavy atom. The fraction of sp³-hybridized carbons (Fsp3) is 0.500. The van der Waals surface area contributed by atoms with Crippen LogP contribution in [0, 0.1) is 9.49 Å². The van der Waals surface area contributed by atoms with E-state index >= 15 is 0 Å². The van der Waals surface area contributed by atoms with E-state index in [1.54, 1.807) is 4.90 Å². The molecule has 1 heterocycles. The zero-order valence-corrected chi connectivity index (χ0v) is 14.2. The van der Waals surface area contributed by atoms with Crippen LogP contribution in [-0.4, -0.2) is 28.8 Å². The Balaban J connectivity index is 1.84. The van der Waals surface area contributed by atoms with Crippen LogP contribution in [0.5, 0.6) is 0 Å². The van der Waals surface area contributed by atoms with Gasteiger partial charge in [0.25, 0.3) is 0 Å². The van der Waals surface area contributed by atoms with Gasteiger partial charge in [-0.2, -0.15) is 0 Å². The van der Waals surface area contributed by atoms with Crippen LogP contribution in [0.4, 0.5) is 0 Å². The van der Waals surface area contributed by atoms with Gasteiger partial charge in [0.2, 0.25) is 11.8 Å². The van der Waals surface area contributed by atoms with Crippen molar-refractivity contribution in [1.82, 2.24) is 10.2 Å². The third-order valence-electron chi connectivity index (χ3n) is 4.25. The molecule has 0 radical (unpaired) electrons. The number of rotatable bonds is 4. The van der Waals surface area contributed by atoms with Gasteiger partial charge in [-0.25, -0.2) is 0 Å². The van der Waals surface area contributed by atoms with Crippen molar-refractivity contribution in [2.75, 3.05) is 0 Å². The standard InChI is InChI=1S/C16H19IN2O2/c1-2-13-16(21)19(9-10-3-7-12(17)8-4-10)14(11-5-6-11)15(20)18-13/h3-4,7-8,11,13-14H,2,5-6,9H2,1H3,(H,18,20). The molecule has 4 nitrogen and oxygen atoms in total. The summed E-state index contributed by atoms with van der Waals surface area (Å²) in [5.74, 6) is 0.428. The summed E-state index contributed by atoms with van der Waals surface area (Å²) in [5, 5.41) is 2.88. The summed E-state index contributed by atoms with van der Waals surface area (Å²) in [5.41, 5.74) is 1.08. The molecule has 1 aromatic carbocycles. The lowest BCUT2D eigenvalue weighted by Crippen LogP contribution is -2.63. The van der Waals surface area contributed by atoms with Crippen LogP contribution in [-0.2, 0) is 16.1 Å². The molecular weight excluding hydrogens is 379 g/mol. The number of benzene rings is 1. The van der Waals surface area contributed by atoms with Gasteiger partial charge < -0.3 is 10.2 Å². The second-order valence-corrected chi connectivity index (χ2v) is 7.09. The van der Waals surface area contributed by atoms with Crippen molar-refractivity contribution in [3.05, 3.63) is 33.4 Å². The minimum atomic E-state index is -0.364. The molecule has 1 saturated carbocycles. The van der Waals surface area contributed by atoms with Gasteiger partial charge in [0.15, 0.2) is 0 Å². The predicted molar refractivity (Wildman–Crippen MR) is 88.4 cm³/mol. The Hall–Kier alpha value is -1.11. The van der Waals surface area contributed by atoms with E-state index < -0.39 is 0 Å². The third kappa shape index (κ3) is 3.07. The molecule has 2 amide bonds. The van der Waals surface area contributed by atoms with E-state index in [1.807, 2.05) is 31.2 Å². The van der Waals surface area contributed by atoms with Crippen LogP contribution in [0.1, 0.15) is 31.7 Å². The number of hydrogen-bond donors (Lipinski definition) is 1. The summed E-state index contributed by atoms with van der Waals surface area (Å²) < 4.78 is 1.17. The first-order valence-corrected chi connectivity index (χ1v) is 8.53.